The highest BCUT2D eigenvalue weighted by atomic mass is 35.5. The topological polar surface area (TPSA) is 316 Å². The predicted molar refractivity (Wildman–Crippen MR) is 261 cm³/mol. The number of aliphatic carboxylic acids is 1. The Kier molecular flexibility index (Phi) is 94.7. The first-order valence-electron chi connectivity index (χ1n) is 21.4. The van der Waals surface area contributed by atoms with Crippen molar-refractivity contribution < 1.29 is 103 Å². The minimum absolute atomic E-state index is 0.0392. The summed E-state index contributed by atoms with van der Waals surface area (Å²) in [5.41, 5.74) is -1.56. The number of hydrogen-bond acceptors (Lipinski definition) is 20. The molecule has 7 atom stereocenters. The van der Waals surface area contributed by atoms with Gasteiger partial charge < -0.3 is 88.6 Å². The SMILES string of the molecule is CCC(CO)OC.CCC(COC(=O)Cl)OC.CCC(COC)OC.CCC(COC)OC(=O)Cl.CCC(O)CO.CCC(O)COC.CCC(O)COC.O=C(O)C(Cl)Cl.OCC(O)CO. The second kappa shape index (κ2) is 73.9. The smallest absolute Gasteiger partial charge is 0.404 e. The van der Waals surface area contributed by atoms with Crippen LogP contribution < -0.4 is 0 Å². The quantitative estimate of drug-likeness (QED) is 0.0415. The lowest BCUT2D eigenvalue weighted by Crippen LogP contribution is -2.18. The van der Waals surface area contributed by atoms with Gasteiger partial charge in [-0.1, -0.05) is 71.7 Å². The van der Waals surface area contributed by atoms with E-state index < -0.39 is 33.9 Å². The van der Waals surface area contributed by atoms with Crippen molar-refractivity contribution in [2.24, 2.45) is 0 Å². The Hall–Kier alpha value is -1.03. The molecular formula is C42H92Cl4O21. The third-order valence-corrected chi connectivity index (χ3v) is 7.89. The second-order valence-corrected chi connectivity index (χ2v) is 14.5. The fourth-order valence-corrected chi connectivity index (χ4v) is 2.97. The third-order valence-electron chi connectivity index (χ3n) is 7.32. The molecule has 414 valence electrons. The fraction of sp³-hybridized carbons (Fsp3) is 0.929. The maximum Gasteiger partial charge on any atom is 0.404 e. The Labute approximate surface area is 421 Å². The Morgan fingerprint density at radius 1 is 0.418 bits per heavy atom. The normalized spacial score (nSPS) is 12.9. The molecule has 0 spiro atoms. The number of rotatable bonds is 26. The molecule has 0 aliphatic rings. The van der Waals surface area contributed by atoms with E-state index in [1.807, 2.05) is 41.5 Å². The van der Waals surface area contributed by atoms with E-state index in [-0.39, 0.29) is 69.7 Å². The molecule has 67 heavy (non-hydrogen) atoms. The van der Waals surface area contributed by atoms with E-state index in [1.165, 1.54) is 0 Å². The van der Waals surface area contributed by atoms with Crippen LogP contribution in [0.4, 0.5) is 9.59 Å². The van der Waals surface area contributed by atoms with Crippen molar-refractivity contribution in [2.75, 3.05) is 109 Å². The zero-order chi connectivity index (χ0) is 54.6. The fourth-order valence-electron chi connectivity index (χ4n) is 2.78. The molecule has 0 bridgehead atoms. The standard InChI is InChI=1S/2C6H11ClO3.C6H14O2.3C5H12O2.C4H10O2.C3H8O3.C2H2Cl2O2/c1-3-5(9-2)4-10-6(7)8;1-3-5(4-9-2)10-6(7)8;1-4-6(8-3)5-7-2;2*1-3-5(6)4-7-2;1-3-5(4-6)7-2;1-2-4(6)3-5;4-1-3(6)2-5;3-1(4)2(5)6/h2*5H,3-4H2,1-2H3;6H,4-5H2,1-3H3;3*5-6H,3-4H2,1-2H3;4-6H,2-3H2,1H3;3-6H,1-2H2;1H,(H,5,6). The van der Waals surface area contributed by atoms with Crippen molar-refractivity contribution in [1.29, 1.82) is 0 Å². The molecule has 0 aromatic heterocycles. The van der Waals surface area contributed by atoms with Gasteiger partial charge in [-0.15, -0.1) is 0 Å². The summed E-state index contributed by atoms with van der Waals surface area (Å²) >= 11 is 19.4. The minimum Gasteiger partial charge on any atom is -0.479 e. The highest BCUT2D eigenvalue weighted by molar-refractivity contribution is 6.61. The van der Waals surface area contributed by atoms with Crippen molar-refractivity contribution in [3.8, 4) is 0 Å². The van der Waals surface area contributed by atoms with E-state index in [0.717, 1.165) is 32.1 Å². The molecule has 9 N–H and O–H groups in total. The molecule has 0 rings (SSSR count). The van der Waals surface area contributed by atoms with E-state index in [0.29, 0.717) is 39.3 Å². The number of halogens is 4. The average molecular weight is 1070 g/mol. The van der Waals surface area contributed by atoms with Gasteiger partial charge in [0.05, 0.1) is 89.5 Å². The summed E-state index contributed by atoms with van der Waals surface area (Å²) in [6.07, 6.45) is 3.66. The second-order valence-electron chi connectivity index (χ2n) is 12.8. The number of methoxy groups -OCH3 is 7. The van der Waals surface area contributed by atoms with Crippen LogP contribution >= 0.6 is 46.4 Å². The number of carbonyl (C=O) groups excluding carboxylic acids is 2. The van der Waals surface area contributed by atoms with Crippen molar-refractivity contribution in [3.05, 3.63) is 0 Å². The molecule has 0 aromatic rings. The first-order chi connectivity index (χ1) is 31.5. The molecule has 0 heterocycles. The van der Waals surface area contributed by atoms with Gasteiger partial charge in [-0.2, -0.15) is 0 Å². The summed E-state index contributed by atoms with van der Waals surface area (Å²) in [5.74, 6) is -1.21. The van der Waals surface area contributed by atoms with Crippen molar-refractivity contribution in [3.63, 3.8) is 0 Å². The summed E-state index contributed by atoms with van der Waals surface area (Å²) < 4.78 is 42.8. The molecule has 0 saturated heterocycles. The molecule has 0 aliphatic heterocycles. The van der Waals surface area contributed by atoms with E-state index in [4.69, 9.17) is 116 Å². The Morgan fingerprint density at radius 3 is 0.836 bits per heavy atom. The molecule has 0 amide bonds. The number of carboxylic acid groups (broad SMARTS) is 1. The van der Waals surface area contributed by atoms with Crippen LogP contribution in [0.15, 0.2) is 0 Å². The summed E-state index contributed by atoms with van der Waals surface area (Å²) in [7, 11) is 11.3. The van der Waals surface area contributed by atoms with Crippen molar-refractivity contribution in [1.82, 2.24) is 0 Å². The molecular weight excluding hydrogens is 982 g/mol. The van der Waals surface area contributed by atoms with Gasteiger partial charge in [0.1, 0.15) is 18.8 Å². The molecule has 7 unspecified atom stereocenters. The minimum atomic E-state index is -1.29. The van der Waals surface area contributed by atoms with Gasteiger partial charge in [-0.3, -0.25) is 0 Å². The maximum absolute atomic E-state index is 10.2. The van der Waals surface area contributed by atoms with Gasteiger partial charge >= 0.3 is 16.8 Å². The molecule has 0 aromatic carbocycles. The van der Waals surface area contributed by atoms with E-state index in [2.05, 4.69) is 25.9 Å². The maximum atomic E-state index is 10.2. The zero-order valence-electron chi connectivity index (χ0n) is 42.4. The Bertz CT molecular complexity index is 876. The van der Waals surface area contributed by atoms with Crippen LogP contribution in [0, 0.1) is 0 Å². The molecule has 25 heteroatoms. The Morgan fingerprint density at radius 2 is 0.716 bits per heavy atom. The summed E-state index contributed by atoms with van der Waals surface area (Å²) in [6, 6.07) is 0. The number of aliphatic hydroxyl groups excluding tert-OH is 8. The lowest BCUT2D eigenvalue weighted by molar-refractivity contribution is -0.135. The van der Waals surface area contributed by atoms with Crippen LogP contribution in [0.25, 0.3) is 0 Å². The third kappa shape index (κ3) is 95.4. The van der Waals surface area contributed by atoms with Gasteiger partial charge in [-0.25, -0.2) is 14.4 Å². The summed E-state index contributed by atoms with van der Waals surface area (Å²) in [5, 5.41) is 74.1. The zero-order valence-corrected chi connectivity index (χ0v) is 45.5. The Balaban J connectivity index is -0.0000000812. The number of alkyl halides is 2. The van der Waals surface area contributed by atoms with Crippen LogP contribution in [0.3, 0.4) is 0 Å². The molecule has 0 aliphatic carbocycles. The van der Waals surface area contributed by atoms with Crippen molar-refractivity contribution >= 4 is 63.2 Å². The van der Waals surface area contributed by atoms with Gasteiger partial charge in [0, 0.05) is 73.0 Å². The van der Waals surface area contributed by atoms with Crippen LogP contribution in [-0.4, -0.2) is 226 Å². The number of carboxylic acids is 1. The largest absolute Gasteiger partial charge is 0.479 e. The molecule has 0 fully saturated rings. The molecule has 0 radical (unpaired) electrons. The average Bonchev–Trinajstić information content (AvgIpc) is 3.32. The number of carbonyl (C=O) groups is 3. The van der Waals surface area contributed by atoms with Crippen LogP contribution in [0.5, 0.6) is 0 Å². The van der Waals surface area contributed by atoms with Crippen LogP contribution in [0.1, 0.15) is 93.4 Å². The summed E-state index contributed by atoms with van der Waals surface area (Å²) in [6.45, 7) is 15.1. The van der Waals surface area contributed by atoms with E-state index in [9.17, 15) is 14.4 Å². The first kappa shape index (κ1) is 85.8. The van der Waals surface area contributed by atoms with E-state index in [1.54, 1.807) is 49.8 Å². The highest BCUT2D eigenvalue weighted by Gasteiger charge is 2.09. The summed E-state index contributed by atoms with van der Waals surface area (Å²) in [4.78, 5) is 28.4. The van der Waals surface area contributed by atoms with Gasteiger partial charge in [0.2, 0.25) is 4.84 Å². The van der Waals surface area contributed by atoms with Gasteiger partial charge in [0.25, 0.3) is 0 Å². The van der Waals surface area contributed by atoms with Crippen LogP contribution in [0.2, 0.25) is 0 Å². The van der Waals surface area contributed by atoms with Gasteiger partial charge in [0.15, 0.2) is 0 Å². The van der Waals surface area contributed by atoms with E-state index >= 15 is 0 Å². The number of ether oxygens (including phenoxy) is 9. The van der Waals surface area contributed by atoms with Crippen LogP contribution in [-0.2, 0) is 47.4 Å². The molecule has 0 saturated carbocycles. The lowest BCUT2D eigenvalue weighted by Gasteiger charge is -2.11. The number of hydrogen-bond donors (Lipinski definition) is 9. The number of aliphatic hydroxyl groups is 8. The monoisotopic (exact) mass is 1070 g/mol. The highest BCUT2D eigenvalue weighted by Crippen LogP contribution is 2.02. The van der Waals surface area contributed by atoms with Crippen molar-refractivity contribution in [2.45, 2.75) is 147 Å². The molecule has 21 nitrogen and oxygen atoms in total. The van der Waals surface area contributed by atoms with Gasteiger partial charge in [-0.05, 0) is 44.9 Å². The lowest BCUT2D eigenvalue weighted by atomic mass is 10.3. The predicted octanol–water partition coefficient (Wildman–Crippen LogP) is 4.80. The first-order valence-corrected chi connectivity index (χ1v) is 23.0.